The zero-order chi connectivity index (χ0) is 52.1. The van der Waals surface area contributed by atoms with E-state index in [1.807, 2.05) is 121 Å². The van der Waals surface area contributed by atoms with E-state index in [1.54, 1.807) is 41.5 Å². The van der Waals surface area contributed by atoms with Gasteiger partial charge in [0.15, 0.2) is 5.41 Å². The van der Waals surface area contributed by atoms with Crippen molar-refractivity contribution < 1.29 is 67.1 Å². The van der Waals surface area contributed by atoms with Gasteiger partial charge in [-0.15, -0.1) is 0 Å². The van der Waals surface area contributed by atoms with E-state index in [2.05, 4.69) is 0 Å². The molecule has 0 amide bonds. The Labute approximate surface area is 418 Å². The van der Waals surface area contributed by atoms with E-state index in [0.29, 0.717) is 25.7 Å². The van der Waals surface area contributed by atoms with Gasteiger partial charge in [0.05, 0.1) is 5.92 Å². The summed E-state index contributed by atoms with van der Waals surface area (Å²) in [5.41, 5.74) is 0.0942. The normalized spacial score (nSPS) is 11.3. The first-order chi connectivity index (χ1) is 33.7. The zero-order valence-electron chi connectivity index (χ0n) is 42.2. The number of ether oxygens (including phenoxy) is 6. The topological polar surface area (TPSA) is 195 Å². The molecule has 14 heteroatoms. The van der Waals surface area contributed by atoms with Crippen LogP contribution in [0.4, 0.5) is 0 Å². The lowest BCUT2D eigenvalue weighted by atomic mass is 9.77. The van der Waals surface area contributed by atoms with Gasteiger partial charge in [-0.2, -0.15) is 0 Å². The first-order valence-electron chi connectivity index (χ1n) is 24.2. The summed E-state index contributed by atoms with van der Waals surface area (Å²) in [5, 5.41) is 9.38. The second kappa shape index (κ2) is 30.7. The van der Waals surface area contributed by atoms with Crippen molar-refractivity contribution in [2.24, 2.45) is 11.3 Å². The maximum absolute atomic E-state index is 13.6. The Morgan fingerprint density at radius 3 is 0.901 bits per heavy atom. The number of aliphatic carboxylic acids is 1. The lowest BCUT2D eigenvalue weighted by Gasteiger charge is -2.35. The van der Waals surface area contributed by atoms with Crippen LogP contribution in [0.2, 0.25) is 0 Å². The summed E-state index contributed by atoms with van der Waals surface area (Å²) in [5.74, 6) is -4.55. The number of carboxylic acids is 1. The molecule has 14 nitrogen and oxygen atoms in total. The maximum atomic E-state index is 13.6. The van der Waals surface area contributed by atoms with Crippen LogP contribution in [0.25, 0.3) is 0 Å². The molecule has 71 heavy (non-hydrogen) atoms. The van der Waals surface area contributed by atoms with Crippen molar-refractivity contribution in [3.8, 4) is 0 Å². The first-order valence-corrected chi connectivity index (χ1v) is 24.2. The van der Waals surface area contributed by atoms with Crippen LogP contribution in [0.5, 0.6) is 0 Å². The Morgan fingerprint density at radius 2 is 0.662 bits per heavy atom. The molecule has 0 aliphatic carbocycles. The smallest absolute Gasteiger partial charge is 0.324 e. The highest BCUT2D eigenvalue weighted by Crippen LogP contribution is 2.37. The molecule has 0 aromatic heterocycles. The molecule has 0 atom stereocenters. The highest BCUT2D eigenvalue weighted by atomic mass is 16.6. The Kier molecular flexibility index (Phi) is 25.3. The van der Waals surface area contributed by atoms with Crippen molar-refractivity contribution in [1.82, 2.24) is 0 Å². The molecular formula is C57H72O14. The SMILES string of the molecule is CC(C)(C)OC(=O)C(CCCC(=O)OCc1ccccc1)(CCCC(=O)OCc1ccccc1)C(=O)OC(C)(C)C.O=C(CCCC(CCCC(=O)OCc1ccccc1)C(=O)O)OCc1ccccc1. The van der Waals surface area contributed by atoms with Crippen LogP contribution in [0.3, 0.4) is 0 Å². The van der Waals surface area contributed by atoms with Crippen LogP contribution in [0.15, 0.2) is 121 Å². The van der Waals surface area contributed by atoms with Crippen LogP contribution in [0.1, 0.15) is 141 Å². The number of carboxylic acid groups (broad SMARTS) is 1. The van der Waals surface area contributed by atoms with E-state index in [9.17, 15) is 38.7 Å². The Morgan fingerprint density at radius 1 is 0.408 bits per heavy atom. The number of benzene rings is 4. The molecule has 0 bridgehead atoms. The molecule has 0 fully saturated rings. The quantitative estimate of drug-likeness (QED) is 0.0337. The molecule has 0 radical (unpaired) electrons. The predicted molar refractivity (Wildman–Crippen MR) is 266 cm³/mol. The third-order valence-corrected chi connectivity index (χ3v) is 10.7. The number of carbonyl (C=O) groups excluding carboxylic acids is 6. The number of hydrogen-bond acceptors (Lipinski definition) is 13. The summed E-state index contributed by atoms with van der Waals surface area (Å²) in [4.78, 5) is 87.3. The van der Waals surface area contributed by atoms with Gasteiger partial charge in [-0.3, -0.25) is 33.6 Å². The molecule has 4 rings (SSSR count). The number of hydrogen-bond donors (Lipinski definition) is 1. The van der Waals surface area contributed by atoms with Crippen LogP contribution >= 0.6 is 0 Å². The Bertz CT molecular complexity index is 2080. The maximum Gasteiger partial charge on any atom is 0.324 e. The monoisotopic (exact) mass is 980 g/mol. The third kappa shape index (κ3) is 25.0. The fourth-order valence-corrected chi connectivity index (χ4v) is 7.05. The average molecular weight is 981 g/mol. The van der Waals surface area contributed by atoms with Gasteiger partial charge in [0, 0.05) is 25.7 Å². The molecule has 0 aliphatic rings. The second-order valence-electron chi connectivity index (χ2n) is 19.2. The summed E-state index contributed by atoms with van der Waals surface area (Å²) < 4.78 is 32.5. The molecule has 4 aromatic carbocycles. The van der Waals surface area contributed by atoms with Gasteiger partial charge in [-0.1, -0.05) is 121 Å². The molecule has 384 valence electrons. The van der Waals surface area contributed by atoms with Crippen molar-refractivity contribution in [2.75, 3.05) is 0 Å². The number of rotatable bonds is 27. The third-order valence-electron chi connectivity index (χ3n) is 10.7. The van der Waals surface area contributed by atoms with Gasteiger partial charge in [-0.25, -0.2) is 0 Å². The standard InChI is InChI=1S/C33H44O8.C24H28O6/c1-31(2,3)40-29(36)33(30(37)41-32(4,5)6,21-13-19-27(34)38-23-25-15-9-7-10-16-25)22-14-20-28(35)39-24-26-17-11-8-12-18-26;25-22(29-17-19-9-3-1-4-10-19)15-7-13-21(24(27)28)14-8-16-23(26)30-18-20-11-5-2-6-12-20/h7-12,15-18H,13-14,19-24H2,1-6H3;1-6,9-12,21H,7-8,13-18H2,(H,27,28). The van der Waals surface area contributed by atoms with Crippen molar-refractivity contribution in [2.45, 2.75) is 156 Å². The van der Waals surface area contributed by atoms with E-state index in [1.165, 1.54) is 0 Å². The number of carbonyl (C=O) groups is 7. The first kappa shape index (κ1) is 58.5. The fourth-order valence-electron chi connectivity index (χ4n) is 7.05. The minimum Gasteiger partial charge on any atom is -0.481 e. The van der Waals surface area contributed by atoms with Crippen LogP contribution < -0.4 is 0 Å². The molecule has 0 saturated carbocycles. The summed E-state index contributed by atoms with van der Waals surface area (Å²) in [7, 11) is 0. The van der Waals surface area contributed by atoms with Gasteiger partial charge in [-0.05, 0) is 115 Å². The van der Waals surface area contributed by atoms with Gasteiger partial charge in [0.1, 0.15) is 37.6 Å². The minimum absolute atomic E-state index is 0.000698. The van der Waals surface area contributed by atoms with E-state index < -0.39 is 52.4 Å². The summed E-state index contributed by atoms with van der Waals surface area (Å²) in [6.45, 7) is 11.0. The highest BCUT2D eigenvalue weighted by Gasteiger charge is 2.50. The van der Waals surface area contributed by atoms with Crippen LogP contribution in [-0.2, 0) is 88.4 Å². The van der Waals surface area contributed by atoms with Crippen molar-refractivity contribution in [3.63, 3.8) is 0 Å². The summed E-state index contributed by atoms with van der Waals surface area (Å²) >= 11 is 0. The van der Waals surface area contributed by atoms with Crippen molar-refractivity contribution >= 4 is 41.8 Å². The van der Waals surface area contributed by atoms with Gasteiger partial charge in [0.25, 0.3) is 0 Å². The van der Waals surface area contributed by atoms with Gasteiger partial charge in [0.2, 0.25) is 0 Å². The lowest BCUT2D eigenvalue weighted by Crippen LogP contribution is -2.47. The molecule has 0 saturated heterocycles. The fraction of sp³-hybridized carbons (Fsp3) is 0.456. The van der Waals surface area contributed by atoms with E-state index in [4.69, 9.17) is 28.4 Å². The van der Waals surface area contributed by atoms with E-state index in [-0.39, 0.29) is 89.7 Å². The van der Waals surface area contributed by atoms with Crippen molar-refractivity contribution in [3.05, 3.63) is 144 Å². The molecule has 4 aromatic rings. The second-order valence-corrected chi connectivity index (χ2v) is 19.2. The predicted octanol–water partition coefficient (Wildman–Crippen LogP) is 11.0. The van der Waals surface area contributed by atoms with Crippen molar-refractivity contribution in [1.29, 1.82) is 0 Å². The Balaban J connectivity index is 0.000000393. The molecular weight excluding hydrogens is 909 g/mol. The largest absolute Gasteiger partial charge is 0.481 e. The van der Waals surface area contributed by atoms with E-state index in [0.717, 1.165) is 22.3 Å². The molecule has 0 unspecified atom stereocenters. The minimum atomic E-state index is -1.71. The highest BCUT2D eigenvalue weighted by molar-refractivity contribution is 6.00. The Hall–Kier alpha value is -6.83. The number of esters is 6. The summed E-state index contributed by atoms with van der Waals surface area (Å²) in [6, 6.07) is 37.4. The molecule has 0 heterocycles. The average Bonchev–Trinajstić information content (AvgIpc) is 3.33. The lowest BCUT2D eigenvalue weighted by molar-refractivity contribution is -0.187. The van der Waals surface area contributed by atoms with Crippen LogP contribution in [-0.4, -0.2) is 58.1 Å². The van der Waals surface area contributed by atoms with E-state index >= 15 is 0 Å². The zero-order valence-corrected chi connectivity index (χ0v) is 42.2. The van der Waals surface area contributed by atoms with Crippen LogP contribution in [0, 0.1) is 11.3 Å². The van der Waals surface area contributed by atoms with Gasteiger partial charge < -0.3 is 33.5 Å². The van der Waals surface area contributed by atoms with Gasteiger partial charge >= 0.3 is 41.8 Å². The molecule has 0 aliphatic heterocycles. The summed E-state index contributed by atoms with van der Waals surface area (Å²) in [6.07, 6.45) is 2.32. The molecule has 1 N–H and O–H groups in total. The molecule has 0 spiro atoms.